The predicted octanol–water partition coefficient (Wildman–Crippen LogP) is -1.65. The first-order chi connectivity index (χ1) is 8.15. The summed E-state index contributed by atoms with van der Waals surface area (Å²) in [6.07, 6.45) is -0.841. The van der Waals surface area contributed by atoms with Crippen molar-refractivity contribution in [3.8, 4) is 11.5 Å². The Morgan fingerprint density at radius 1 is 1.41 bits per heavy atom. The van der Waals surface area contributed by atoms with Gasteiger partial charge in [0.2, 0.25) is 6.79 Å². The molecule has 17 heavy (non-hydrogen) atoms. The van der Waals surface area contributed by atoms with Crippen molar-refractivity contribution in [3.63, 3.8) is 0 Å². The van der Waals surface area contributed by atoms with Gasteiger partial charge in [-0.15, -0.1) is 0 Å². The molecule has 1 atom stereocenters. The molecule has 1 aromatic carbocycles. The molecule has 1 aromatic rings. The fourth-order valence-corrected chi connectivity index (χ4v) is 1.87. The smallest absolute Gasteiger partial charge is 0.454 e. The lowest BCUT2D eigenvalue weighted by Gasteiger charge is -2.16. The zero-order valence-corrected chi connectivity index (χ0v) is 9.38. The number of fused-ring (bicyclic) bond motifs is 1. The van der Waals surface area contributed by atoms with E-state index < -0.39 is 13.2 Å². The zero-order chi connectivity index (χ0) is 12.4. The van der Waals surface area contributed by atoms with Gasteiger partial charge in [0.25, 0.3) is 0 Å². The topological polar surface area (TPSA) is 91.2 Å². The molecule has 0 saturated heterocycles. The minimum Gasteiger partial charge on any atom is -0.454 e. The zero-order valence-electron chi connectivity index (χ0n) is 9.38. The van der Waals surface area contributed by atoms with Crippen LogP contribution in [0.15, 0.2) is 12.1 Å². The van der Waals surface area contributed by atoms with Crippen molar-refractivity contribution in [3.05, 3.63) is 17.7 Å². The standard InChI is InChI=1S/C10H14BNO5/c1-12-4-7(13)6-2-3-8-10(17-5-16-8)9(6)11(14)15/h2-3,7,12-15H,4-5H2,1H3. The Morgan fingerprint density at radius 2 is 2.18 bits per heavy atom. The molecular formula is C10H14BNO5. The highest BCUT2D eigenvalue weighted by Crippen LogP contribution is 2.32. The van der Waals surface area contributed by atoms with E-state index in [1.165, 1.54) is 0 Å². The molecule has 7 heteroatoms. The third kappa shape index (κ3) is 2.23. The lowest BCUT2D eigenvalue weighted by Crippen LogP contribution is -2.36. The number of likely N-dealkylation sites (N-methyl/N-ethyl adjacent to an activating group) is 1. The summed E-state index contributed by atoms with van der Waals surface area (Å²) in [7, 11) is -0.0150. The van der Waals surface area contributed by atoms with E-state index in [4.69, 9.17) is 9.47 Å². The number of nitrogens with one attached hydrogen (secondary N) is 1. The van der Waals surface area contributed by atoms with Crippen molar-refractivity contribution in [1.29, 1.82) is 0 Å². The third-order valence-corrected chi connectivity index (χ3v) is 2.63. The van der Waals surface area contributed by atoms with Gasteiger partial charge in [-0.2, -0.15) is 0 Å². The normalized spacial score (nSPS) is 14.8. The van der Waals surface area contributed by atoms with Crippen LogP contribution in [0.5, 0.6) is 11.5 Å². The van der Waals surface area contributed by atoms with E-state index in [1.54, 1.807) is 19.2 Å². The van der Waals surface area contributed by atoms with Gasteiger partial charge in [-0.05, 0) is 18.7 Å². The Labute approximate surface area is 98.9 Å². The highest BCUT2D eigenvalue weighted by Gasteiger charge is 2.30. The molecule has 6 nitrogen and oxygen atoms in total. The molecule has 0 aliphatic carbocycles. The maximum absolute atomic E-state index is 9.90. The third-order valence-electron chi connectivity index (χ3n) is 2.63. The summed E-state index contributed by atoms with van der Waals surface area (Å²) in [5.41, 5.74) is 0.571. The van der Waals surface area contributed by atoms with Crippen LogP contribution in [0.2, 0.25) is 0 Å². The number of benzene rings is 1. The molecule has 0 bridgehead atoms. The van der Waals surface area contributed by atoms with Crippen molar-refractivity contribution < 1.29 is 24.6 Å². The molecule has 92 valence electrons. The van der Waals surface area contributed by atoms with Gasteiger partial charge in [0.1, 0.15) is 0 Å². The van der Waals surface area contributed by atoms with Gasteiger partial charge in [-0.1, -0.05) is 6.07 Å². The number of ether oxygens (including phenoxy) is 2. The number of aliphatic hydroxyl groups is 1. The summed E-state index contributed by atoms with van der Waals surface area (Å²) in [4.78, 5) is 0. The van der Waals surface area contributed by atoms with E-state index in [2.05, 4.69) is 5.32 Å². The quantitative estimate of drug-likeness (QED) is 0.470. The van der Waals surface area contributed by atoms with Crippen LogP contribution >= 0.6 is 0 Å². The Hall–Kier alpha value is -1.28. The summed E-state index contributed by atoms with van der Waals surface area (Å²) in [5.74, 6) is 0.737. The molecular weight excluding hydrogens is 225 g/mol. The molecule has 0 spiro atoms. The van der Waals surface area contributed by atoms with Crippen LogP contribution in [0.25, 0.3) is 0 Å². The van der Waals surface area contributed by atoms with Crippen LogP contribution in [-0.4, -0.2) is 42.7 Å². The van der Waals surface area contributed by atoms with Gasteiger partial charge in [-0.25, -0.2) is 0 Å². The van der Waals surface area contributed by atoms with Crippen LogP contribution in [0.3, 0.4) is 0 Å². The second-order valence-electron chi connectivity index (χ2n) is 3.75. The van der Waals surface area contributed by atoms with Crippen molar-refractivity contribution >= 4 is 12.6 Å². The summed E-state index contributed by atoms with van der Waals surface area (Å²) in [6, 6.07) is 3.24. The Kier molecular flexibility index (Phi) is 3.53. The largest absolute Gasteiger partial charge is 0.492 e. The maximum atomic E-state index is 9.90. The van der Waals surface area contributed by atoms with Gasteiger partial charge in [0.15, 0.2) is 11.5 Å². The number of rotatable bonds is 4. The molecule has 0 fully saturated rings. The molecule has 0 saturated carbocycles. The van der Waals surface area contributed by atoms with Crippen molar-refractivity contribution in [2.75, 3.05) is 20.4 Å². The van der Waals surface area contributed by atoms with E-state index in [0.717, 1.165) is 0 Å². The average molecular weight is 239 g/mol. The predicted molar refractivity (Wildman–Crippen MR) is 61.3 cm³/mol. The Bertz CT molecular complexity index is 412. The molecule has 1 aliphatic heterocycles. The summed E-state index contributed by atoms with van der Waals surface area (Å²) in [6.45, 7) is 0.347. The maximum Gasteiger partial charge on any atom is 0.492 e. The number of hydrogen-bond donors (Lipinski definition) is 4. The Balaban J connectivity index is 2.45. The fourth-order valence-electron chi connectivity index (χ4n) is 1.87. The molecule has 1 aliphatic rings. The summed E-state index contributed by atoms with van der Waals surface area (Å²) >= 11 is 0. The van der Waals surface area contributed by atoms with E-state index in [1.807, 2.05) is 0 Å². The van der Waals surface area contributed by atoms with Crippen molar-refractivity contribution in [2.45, 2.75) is 6.10 Å². The SMILES string of the molecule is CNCC(O)c1ccc2c(c1B(O)O)OCO2. The first-order valence-electron chi connectivity index (χ1n) is 5.26. The van der Waals surface area contributed by atoms with E-state index >= 15 is 0 Å². The average Bonchev–Trinajstić information content (AvgIpc) is 2.75. The summed E-state index contributed by atoms with van der Waals surface area (Å²) in [5, 5.41) is 31.5. The van der Waals surface area contributed by atoms with Crippen molar-refractivity contribution in [1.82, 2.24) is 5.32 Å². The molecule has 0 aromatic heterocycles. The van der Waals surface area contributed by atoms with Gasteiger partial charge >= 0.3 is 7.12 Å². The summed E-state index contributed by atoms with van der Waals surface area (Å²) < 4.78 is 10.3. The highest BCUT2D eigenvalue weighted by atomic mass is 16.7. The van der Waals surface area contributed by atoms with Gasteiger partial charge in [0, 0.05) is 12.0 Å². The van der Waals surface area contributed by atoms with Gasteiger partial charge in [0.05, 0.1) is 6.10 Å². The van der Waals surface area contributed by atoms with Crippen LogP contribution in [0, 0.1) is 0 Å². The molecule has 0 amide bonds. The second kappa shape index (κ2) is 4.93. The molecule has 2 rings (SSSR count). The van der Waals surface area contributed by atoms with E-state index in [-0.39, 0.29) is 18.0 Å². The monoisotopic (exact) mass is 239 g/mol. The molecule has 4 N–H and O–H groups in total. The molecule has 1 heterocycles. The van der Waals surface area contributed by atoms with Crippen LogP contribution < -0.4 is 20.3 Å². The minimum absolute atomic E-state index is 0.0423. The lowest BCUT2D eigenvalue weighted by atomic mass is 9.74. The van der Waals surface area contributed by atoms with Crippen LogP contribution in [-0.2, 0) is 0 Å². The minimum atomic E-state index is -1.71. The van der Waals surface area contributed by atoms with Crippen LogP contribution in [0.1, 0.15) is 11.7 Å². The Morgan fingerprint density at radius 3 is 2.82 bits per heavy atom. The number of hydrogen-bond acceptors (Lipinski definition) is 6. The van der Waals surface area contributed by atoms with Crippen LogP contribution in [0.4, 0.5) is 0 Å². The second-order valence-corrected chi connectivity index (χ2v) is 3.75. The molecule has 1 unspecified atom stereocenters. The fraction of sp³-hybridized carbons (Fsp3) is 0.400. The lowest BCUT2D eigenvalue weighted by molar-refractivity contribution is 0.172. The first kappa shape index (κ1) is 12.2. The van der Waals surface area contributed by atoms with Gasteiger partial charge < -0.3 is 29.9 Å². The molecule has 0 radical (unpaired) electrons. The van der Waals surface area contributed by atoms with E-state index in [0.29, 0.717) is 17.9 Å². The van der Waals surface area contributed by atoms with Crippen molar-refractivity contribution in [2.24, 2.45) is 0 Å². The first-order valence-corrected chi connectivity index (χ1v) is 5.26. The highest BCUT2D eigenvalue weighted by molar-refractivity contribution is 6.60. The number of aliphatic hydroxyl groups excluding tert-OH is 1. The van der Waals surface area contributed by atoms with E-state index in [9.17, 15) is 15.2 Å². The van der Waals surface area contributed by atoms with Gasteiger partial charge in [-0.3, -0.25) is 0 Å².